The van der Waals surface area contributed by atoms with E-state index in [0.717, 1.165) is 11.1 Å². The van der Waals surface area contributed by atoms with Crippen LogP contribution in [0.1, 0.15) is 5.56 Å². The van der Waals surface area contributed by atoms with Gasteiger partial charge in [-0.2, -0.15) is 0 Å². The molecule has 0 heterocycles. The van der Waals surface area contributed by atoms with Crippen molar-refractivity contribution >= 4 is 11.6 Å². The molecule has 0 aliphatic heterocycles. The lowest BCUT2D eigenvalue weighted by atomic mass is 10.0. The van der Waals surface area contributed by atoms with Crippen LogP contribution < -0.4 is 0 Å². The van der Waals surface area contributed by atoms with E-state index in [-0.39, 0.29) is 11.6 Å². The van der Waals surface area contributed by atoms with Crippen molar-refractivity contribution in [1.82, 2.24) is 0 Å². The summed E-state index contributed by atoms with van der Waals surface area (Å²) in [4.78, 5) is 0. The molecule has 0 N–H and O–H groups in total. The first kappa shape index (κ1) is 11.1. The first-order chi connectivity index (χ1) is 7.70. The zero-order valence-corrected chi connectivity index (χ0v) is 9.14. The third-order valence-electron chi connectivity index (χ3n) is 2.37. The molecular weight excluding hydrogens is 230 g/mol. The molecule has 0 unspecified atom stereocenters. The van der Waals surface area contributed by atoms with Crippen LogP contribution in [0.15, 0.2) is 42.5 Å². The molecular formula is C13H9ClF2. The first-order valence-corrected chi connectivity index (χ1v) is 5.34. The van der Waals surface area contributed by atoms with Crippen LogP contribution >= 0.6 is 11.6 Å². The van der Waals surface area contributed by atoms with Crippen LogP contribution in [0, 0.1) is 11.6 Å². The van der Waals surface area contributed by atoms with E-state index in [2.05, 4.69) is 0 Å². The van der Waals surface area contributed by atoms with E-state index in [9.17, 15) is 8.78 Å². The number of halogens is 3. The van der Waals surface area contributed by atoms with Gasteiger partial charge < -0.3 is 0 Å². The highest BCUT2D eigenvalue weighted by molar-refractivity contribution is 6.17. The number of hydrogen-bond donors (Lipinski definition) is 0. The minimum atomic E-state index is -0.326. The summed E-state index contributed by atoms with van der Waals surface area (Å²) in [7, 11) is 0. The van der Waals surface area contributed by atoms with Crippen LogP contribution in [0.3, 0.4) is 0 Å². The minimum absolute atomic E-state index is 0.299. The monoisotopic (exact) mass is 238 g/mol. The predicted octanol–water partition coefficient (Wildman–Crippen LogP) is 4.37. The van der Waals surface area contributed by atoms with Crippen molar-refractivity contribution in [2.75, 3.05) is 0 Å². The Balaban J connectivity index is 2.53. The molecule has 0 aliphatic carbocycles. The summed E-state index contributed by atoms with van der Waals surface area (Å²) in [6.45, 7) is 0. The molecule has 3 heteroatoms. The first-order valence-electron chi connectivity index (χ1n) is 4.81. The molecule has 0 radical (unpaired) electrons. The van der Waals surface area contributed by atoms with Crippen molar-refractivity contribution in [3.05, 3.63) is 59.7 Å². The average molecular weight is 239 g/mol. The molecule has 2 aromatic rings. The van der Waals surface area contributed by atoms with Gasteiger partial charge in [0.1, 0.15) is 11.6 Å². The molecule has 0 aliphatic rings. The predicted molar refractivity (Wildman–Crippen MR) is 61.4 cm³/mol. The highest BCUT2D eigenvalue weighted by Crippen LogP contribution is 2.26. The molecule has 0 amide bonds. The Bertz CT molecular complexity index is 492. The van der Waals surface area contributed by atoms with E-state index in [4.69, 9.17) is 11.6 Å². The lowest BCUT2D eigenvalue weighted by Crippen LogP contribution is -1.88. The maximum atomic E-state index is 13.1. The van der Waals surface area contributed by atoms with Gasteiger partial charge in [0, 0.05) is 5.88 Å². The second-order valence-electron chi connectivity index (χ2n) is 3.44. The number of alkyl halides is 1. The molecule has 0 atom stereocenters. The van der Waals surface area contributed by atoms with Crippen molar-refractivity contribution in [2.24, 2.45) is 0 Å². The lowest BCUT2D eigenvalue weighted by molar-refractivity contribution is 0.627. The van der Waals surface area contributed by atoms with Crippen molar-refractivity contribution in [3.8, 4) is 11.1 Å². The smallest absolute Gasteiger partial charge is 0.123 e. The van der Waals surface area contributed by atoms with Gasteiger partial charge in [-0.15, -0.1) is 11.6 Å². The van der Waals surface area contributed by atoms with E-state index in [0.29, 0.717) is 11.4 Å². The summed E-state index contributed by atoms with van der Waals surface area (Å²) in [5.41, 5.74) is 2.29. The Kier molecular flexibility index (Phi) is 3.20. The Labute approximate surface area is 97.5 Å². The standard InChI is InChI=1S/C13H9ClF2/c14-8-10-3-6-12(16)7-13(10)9-1-4-11(15)5-2-9/h1-7H,8H2. The summed E-state index contributed by atoms with van der Waals surface area (Å²) in [6, 6.07) is 10.3. The molecule has 0 nitrogen and oxygen atoms in total. The quantitative estimate of drug-likeness (QED) is 0.682. The van der Waals surface area contributed by atoms with Gasteiger partial charge in [0.25, 0.3) is 0 Å². The SMILES string of the molecule is Fc1ccc(-c2cc(F)ccc2CCl)cc1. The van der Waals surface area contributed by atoms with Crippen molar-refractivity contribution in [3.63, 3.8) is 0 Å². The van der Waals surface area contributed by atoms with Crippen LogP contribution in [0.4, 0.5) is 8.78 Å². The summed E-state index contributed by atoms with van der Waals surface area (Å²) in [5.74, 6) is -0.340. The largest absolute Gasteiger partial charge is 0.207 e. The number of hydrogen-bond acceptors (Lipinski definition) is 0. The number of benzene rings is 2. The van der Waals surface area contributed by atoms with E-state index in [1.807, 2.05) is 0 Å². The maximum Gasteiger partial charge on any atom is 0.123 e. The van der Waals surface area contributed by atoms with Crippen molar-refractivity contribution < 1.29 is 8.78 Å². The molecule has 0 bridgehead atoms. The topological polar surface area (TPSA) is 0 Å². The molecule has 0 saturated heterocycles. The third-order valence-corrected chi connectivity index (χ3v) is 2.66. The highest BCUT2D eigenvalue weighted by Gasteiger charge is 2.06. The second kappa shape index (κ2) is 4.62. The van der Waals surface area contributed by atoms with Crippen LogP contribution in [-0.4, -0.2) is 0 Å². The molecule has 2 aromatic carbocycles. The van der Waals surface area contributed by atoms with Gasteiger partial charge in [-0.3, -0.25) is 0 Å². The Morgan fingerprint density at radius 2 is 1.50 bits per heavy atom. The van der Waals surface area contributed by atoms with Crippen molar-refractivity contribution in [1.29, 1.82) is 0 Å². The molecule has 0 fully saturated rings. The van der Waals surface area contributed by atoms with E-state index in [1.165, 1.54) is 24.3 Å². The summed E-state index contributed by atoms with van der Waals surface area (Å²) in [5, 5.41) is 0. The van der Waals surface area contributed by atoms with Gasteiger partial charge >= 0.3 is 0 Å². The second-order valence-corrected chi connectivity index (χ2v) is 3.71. The fourth-order valence-corrected chi connectivity index (χ4v) is 1.80. The van der Waals surface area contributed by atoms with Gasteiger partial charge in [-0.05, 0) is 41.0 Å². The molecule has 0 saturated carbocycles. The van der Waals surface area contributed by atoms with Gasteiger partial charge in [-0.25, -0.2) is 8.78 Å². The molecule has 2 rings (SSSR count). The Morgan fingerprint density at radius 3 is 2.12 bits per heavy atom. The molecule has 82 valence electrons. The molecule has 16 heavy (non-hydrogen) atoms. The van der Waals surface area contributed by atoms with E-state index < -0.39 is 0 Å². The molecule has 0 aromatic heterocycles. The zero-order chi connectivity index (χ0) is 11.5. The minimum Gasteiger partial charge on any atom is -0.207 e. The lowest BCUT2D eigenvalue weighted by Gasteiger charge is -2.07. The summed E-state index contributed by atoms with van der Waals surface area (Å²) >= 11 is 5.77. The maximum absolute atomic E-state index is 13.1. The Hall–Kier alpha value is -1.41. The van der Waals surface area contributed by atoms with Gasteiger partial charge in [0.15, 0.2) is 0 Å². The van der Waals surface area contributed by atoms with Gasteiger partial charge in [-0.1, -0.05) is 18.2 Å². The average Bonchev–Trinajstić information content (AvgIpc) is 2.30. The van der Waals surface area contributed by atoms with Crippen LogP contribution in [0.25, 0.3) is 11.1 Å². The number of rotatable bonds is 2. The van der Waals surface area contributed by atoms with Gasteiger partial charge in [0.05, 0.1) is 0 Å². The summed E-state index contributed by atoms with van der Waals surface area (Å²) < 4.78 is 25.9. The fourth-order valence-electron chi connectivity index (χ4n) is 1.56. The molecule has 0 spiro atoms. The highest BCUT2D eigenvalue weighted by atomic mass is 35.5. The van der Waals surface area contributed by atoms with Crippen LogP contribution in [0.2, 0.25) is 0 Å². The van der Waals surface area contributed by atoms with E-state index >= 15 is 0 Å². The van der Waals surface area contributed by atoms with E-state index in [1.54, 1.807) is 18.2 Å². The summed E-state index contributed by atoms with van der Waals surface area (Å²) in [6.07, 6.45) is 0. The fraction of sp³-hybridized carbons (Fsp3) is 0.0769. The van der Waals surface area contributed by atoms with Gasteiger partial charge in [0.2, 0.25) is 0 Å². The van der Waals surface area contributed by atoms with Crippen LogP contribution in [-0.2, 0) is 5.88 Å². The third kappa shape index (κ3) is 2.22. The van der Waals surface area contributed by atoms with Crippen LogP contribution in [0.5, 0.6) is 0 Å². The van der Waals surface area contributed by atoms with Crippen molar-refractivity contribution in [2.45, 2.75) is 5.88 Å². The zero-order valence-electron chi connectivity index (χ0n) is 8.38. The Morgan fingerprint density at radius 1 is 0.875 bits per heavy atom. The normalized spacial score (nSPS) is 10.4.